The summed E-state index contributed by atoms with van der Waals surface area (Å²) in [7, 11) is 4.01. The Morgan fingerprint density at radius 2 is 2.00 bits per heavy atom. The number of nitrogens with one attached hydrogen (secondary N) is 1. The average Bonchev–Trinajstić information content (AvgIpc) is 3.29. The van der Waals surface area contributed by atoms with Crippen LogP contribution in [0.3, 0.4) is 0 Å². The molecule has 4 aromatic rings. The Morgan fingerprint density at radius 1 is 1.20 bits per heavy atom. The van der Waals surface area contributed by atoms with Crippen molar-refractivity contribution < 1.29 is 4.79 Å². The number of halogens is 1. The standard InChI is InChI=1S/C25H26BrN5O2S2/c1-16(22(32)29-24-27-21(15-34-24)17-8-6-9-18(26)14-17)35-25-28-20-11-5-4-10-19(20)23(33)31(25)13-7-12-30(2)3/h4-6,8-11,14-16H,7,12-13H2,1-3H3,(H,27,29,32). The molecule has 0 spiro atoms. The topological polar surface area (TPSA) is 80.1 Å². The van der Waals surface area contributed by atoms with Crippen LogP contribution in [-0.2, 0) is 11.3 Å². The zero-order valence-corrected chi connectivity index (χ0v) is 22.9. The summed E-state index contributed by atoms with van der Waals surface area (Å²) in [6.45, 7) is 3.20. The van der Waals surface area contributed by atoms with E-state index in [1.54, 1.807) is 10.6 Å². The maximum atomic E-state index is 13.2. The summed E-state index contributed by atoms with van der Waals surface area (Å²) in [5, 5.41) is 6.02. The van der Waals surface area contributed by atoms with Crippen LogP contribution in [0.2, 0.25) is 0 Å². The van der Waals surface area contributed by atoms with Crippen molar-refractivity contribution in [2.24, 2.45) is 0 Å². The molecular weight excluding hydrogens is 546 g/mol. The Labute approximate surface area is 220 Å². The zero-order chi connectivity index (χ0) is 24.9. The molecule has 0 bridgehead atoms. The fourth-order valence-electron chi connectivity index (χ4n) is 3.51. The van der Waals surface area contributed by atoms with E-state index in [-0.39, 0.29) is 11.5 Å². The van der Waals surface area contributed by atoms with Crippen molar-refractivity contribution in [1.29, 1.82) is 0 Å². The fourth-order valence-corrected chi connectivity index (χ4v) is 5.57. The molecule has 0 aliphatic carbocycles. The van der Waals surface area contributed by atoms with E-state index in [4.69, 9.17) is 4.98 Å². The second-order valence-electron chi connectivity index (χ2n) is 8.32. The molecule has 0 saturated carbocycles. The van der Waals surface area contributed by atoms with Crippen molar-refractivity contribution >= 4 is 61.0 Å². The van der Waals surface area contributed by atoms with Crippen LogP contribution in [0, 0.1) is 0 Å². The number of benzene rings is 2. The maximum absolute atomic E-state index is 13.2. The first-order valence-electron chi connectivity index (χ1n) is 11.1. The van der Waals surface area contributed by atoms with Gasteiger partial charge in [-0.3, -0.25) is 14.2 Å². The van der Waals surface area contributed by atoms with Crippen molar-refractivity contribution in [2.45, 2.75) is 30.3 Å². The summed E-state index contributed by atoms with van der Waals surface area (Å²) >= 11 is 6.14. The zero-order valence-electron chi connectivity index (χ0n) is 19.7. The van der Waals surface area contributed by atoms with Gasteiger partial charge in [0, 0.05) is 22.0 Å². The van der Waals surface area contributed by atoms with Gasteiger partial charge in [0.25, 0.3) is 5.56 Å². The summed E-state index contributed by atoms with van der Waals surface area (Å²) in [4.78, 5) is 37.6. The molecular formula is C25H26BrN5O2S2. The minimum atomic E-state index is -0.471. The van der Waals surface area contributed by atoms with Crippen molar-refractivity contribution in [3.8, 4) is 11.3 Å². The number of aromatic nitrogens is 3. The molecule has 0 aliphatic heterocycles. The third-order valence-electron chi connectivity index (χ3n) is 5.32. The number of fused-ring (bicyclic) bond motifs is 1. The lowest BCUT2D eigenvalue weighted by Gasteiger charge is -2.17. The number of carbonyl (C=O) groups excluding carboxylic acids is 1. The SMILES string of the molecule is CC(Sc1nc2ccccc2c(=O)n1CCCN(C)C)C(=O)Nc1nc(-c2cccc(Br)c2)cs1. The van der Waals surface area contributed by atoms with Gasteiger partial charge in [0.15, 0.2) is 10.3 Å². The first kappa shape index (κ1) is 25.6. The van der Waals surface area contributed by atoms with Crippen LogP contribution < -0.4 is 10.9 Å². The third-order valence-corrected chi connectivity index (χ3v) is 7.66. The smallest absolute Gasteiger partial charge is 0.262 e. The highest BCUT2D eigenvalue weighted by atomic mass is 79.9. The van der Waals surface area contributed by atoms with E-state index in [1.807, 2.05) is 68.9 Å². The first-order valence-corrected chi connectivity index (χ1v) is 13.7. The van der Waals surface area contributed by atoms with Crippen LogP contribution in [0.5, 0.6) is 0 Å². The van der Waals surface area contributed by atoms with Crippen LogP contribution in [0.25, 0.3) is 22.2 Å². The number of rotatable bonds is 9. The van der Waals surface area contributed by atoms with Gasteiger partial charge < -0.3 is 10.2 Å². The van der Waals surface area contributed by atoms with Crippen LogP contribution >= 0.6 is 39.0 Å². The highest BCUT2D eigenvalue weighted by Crippen LogP contribution is 2.28. The summed E-state index contributed by atoms with van der Waals surface area (Å²) in [6, 6.07) is 15.2. The Kier molecular flexibility index (Phi) is 8.38. The number of nitrogens with zero attached hydrogens (tertiary/aromatic N) is 4. The number of thioether (sulfide) groups is 1. The van der Waals surface area contributed by atoms with Gasteiger partial charge >= 0.3 is 0 Å². The van der Waals surface area contributed by atoms with Gasteiger partial charge in [-0.05, 0) is 58.3 Å². The molecule has 0 radical (unpaired) electrons. The van der Waals surface area contributed by atoms with E-state index < -0.39 is 5.25 Å². The van der Waals surface area contributed by atoms with Crippen molar-refractivity contribution in [2.75, 3.05) is 26.0 Å². The van der Waals surface area contributed by atoms with Crippen LogP contribution in [0.4, 0.5) is 5.13 Å². The number of para-hydroxylation sites is 1. The van der Waals surface area contributed by atoms with Gasteiger partial charge in [0.1, 0.15) is 0 Å². The predicted molar refractivity (Wildman–Crippen MR) is 148 cm³/mol. The molecule has 1 N–H and O–H groups in total. The van der Waals surface area contributed by atoms with E-state index in [0.717, 1.165) is 28.7 Å². The molecule has 35 heavy (non-hydrogen) atoms. The second kappa shape index (κ2) is 11.5. The fraction of sp³-hybridized carbons (Fsp3) is 0.280. The molecule has 10 heteroatoms. The van der Waals surface area contributed by atoms with E-state index in [2.05, 4.69) is 31.1 Å². The van der Waals surface area contributed by atoms with Crippen LogP contribution in [0.15, 0.2) is 68.3 Å². The van der Waals surface area contributed by atoms with Crippen LogP contribution in [-0.4, -0.2) is 51.2 Å². The predicted octanol–water partition coefficient (Wildman–Crippen LogP) is 5.35. The first-order chi connectivity index (χ1) is 16.8. The highest BCUT2D eigenvalue weighted by molar-refractivity contribution is 9.10. The molecule has 0 aliphatic rings. The van der Waals surface area contributed by atoms with Gasteiger partial charge in [0.2, 0.25) is 5.91 Å². The molecule has 7 nitrogen and oxygen atoms in total. The number of thiazole rings is 1. The van der Waals surface area contributed by atoms with Gasteiger partial charge in [-0.15, -0.1) is 11.3 Å². The number of carbonyl (C=O) groups is 1. The molecule has 4 rings (SSSR count). The number of hydrogen-bond acceptors (Lipinski definition) is 7. The third kappa shape index (κ3) is 6.38. The largest absolute Gasteiger partial charge is 0.309 e. The van der Waals surface area contributed by atoms with E-state index in [0.29, 0.717) is 27.7 Å². The van der Waals surface area contributed by atoms with Crippen LogP contribution in [0.1, 0.15) is 13.3 Å². The van der Waals surface area contributed by atoms with Gasteiger partial charge in [-0.2, -0.15) is 0 Å². The Bertz CT molecular complexity index is 1400. The normalized spacial score (nSPS) is 12.3. The summed E-state index contributed by atoms with van der Waals surface area (Å²) in [6.07, 6.45) is 0.804. The van der Waals surface area contributed by atoms with Gasteiger partial charge in [-0.1, -0.05) is 52.0 Å². The number of hydrogen-bond donors (Lipinski definition) is 1. The van der Waals surface area contributed by atoms with Crippen molar-refractivity contribution in [1.82, 2.24) is 19.4 Å². The molecule has 2 aromatic heterocycles. The molecule has 1 unspecified atom stereocenters. The second-order valence-corrected chi connectivity index (χ2v) is 11.4. The Hall–Kier alpha value is -2.53. The lowest BCUT2D eigenvalue weighted by Crippen LogP contribution is -2.28. The van der Waals surface area contributed by atoms with Gasteiger partial charge in [0.05, 0.1) is 21.8 Å². The van der Waals surface area contributed by atoms with Gasteiger partial charge in [-0.25, -0.2) is 9.97 Å². The average molecular weight is 573 g/mol. The maximum Gasteiger partial charge on any atom is 0.262 e. The molecule has 2 aromatic carbocycles. The summed E-state index contributed by atoms with van der Waals surface area (Å²) in [5.74, 6) is -0.188. The Balaban J connectivity index is 1.52. The molecule has 182 valence electrons. The molecule has 0 saturated heterocycles. The lowest BCUT2D eigenvalue weighted by molar-refractivity contribution is -0.115. The summed E-state index contributed by atoms with van der Waals surface area (Å²) < 4.78 is 2.66. The molecule has 0 fully saturated rings. The molecule has 1 atom stereocenters. The van der Waals surface area contributed by atoms with E-state index in [1.165, 1.54) is 23.1 Å². The number of anilines is 1. The van der Waals surface area contributed by atoms with Crippen molar-refractivity contribution in [3.63, 3.8) is 0 Å². The minimum Gasteiger partial charge on any atom is -0.309 e. The van der Waals surface area contributed by atoms with E-state index >= 15 is 0 Å². The minimum absolute atomic E-state index is 0.0805. The molecule has 1 amide bonds. The molecule has 2 heterocycles. The number of amides is 1. The Morgan fingerprint density at radius 3 is 2.77 bits per heavy atom. The summed E-state index contributed by atoms with van der Waals surface area (Å²) in [5.41, 5.74) is 2.33. The quantitative estimate of drug-likeness (QED) is 0.215. The van der Waals surface area contributed by atoms with E-state index in [9.17, 15) is 9.59 Å². The monoisotopic (exact) mass is 571 g/mol. The highest BCUT2D eigenvalue weighted by Gasteiger charge is 2.20. The lowest BCUT2D eigenvalue weighted by atomic mass is 10.2. The van der Waals surface area contributed by atoms with Crippen molar-refractivity contribution in [3.05, 3.63) is 68.7 Å².